The van der Waals surface area contributed by atoms with Gasteiger partial charge in [0.15, 0.2) is 11.5 Å². The van der Waals surface area contributed by atoms with Crippen molar-refractivity contribution in [2.45, 2.75) is 6.92 Å². The summed E-state index contributed by atoms with van der Waals surface area (Å²) >= 11 is 0. The van der Waals surface area contributed by atoms with Gasteiger partial charge in [-0.1, -0.05) is 24.3 Å². The van der Waals surface area contributed by atoms with Crippen molar-refractivity contribution in [2.24, 2.45) is 0 Å². The normalized spacial score (nSPS) is 10.8. The van der Waals surface area contributed by atoms with E-state index >= 15 is 0 Å². The van der Waals surface area contributed by atoms with Crippen LogP contribution < -0.4 is 0 Å². The summed E-state index contributed by atoms with van der Waals surface area (Å²) in [6, 6.07) is 11.1. The zero-order chi connectivity index (χ0) is 13.4. The molecule has 0 aliphatic rings. The molecule has 0 aliphatic carbocycles. The van der Waals surface area contributed by atoms with Crippen molar-refractivity contribution in [1.29, 1.82) is 0 Å². The number of hydrogen-bond acceptors (Lipinski definition) is 3. The summed E-state index contributed by atoms with van der Waals surface area (Å²) in [5, 5.41) is 15.3. The molecule has 3 rings (SSSR count). The molecule has 0 aliphatic heterocycles. The lowest BCUT2D eigenvalue weighted by atomic mass is 10.1. The van der Waals surface area contributed by atoms with Crippen molar-refractivity contribution >= 4 is 16.7 Å². The Bertz CT molecular complexity index is 772. The number of carboxylic acids is 1. The molecule has 0 fully saturated rings. The third kappa shape index (κ3) is 1.85. The van der Waals surface area contributed by atoms with Crippen LogP contribution >= 0.6 is 0 Å². The van der Waals surface area contributed by atoms with Gasteiger partial charge in [0.1, 0.15) is 0 Å². The van der Waals surface area contributed by atoms with Crippen molar-refractivity contribution in [2.75, 3.05) is 0 Å². The van der Waals surface area contributed by atoms with Crippen molar-refractivity contribution in [3.8, 4) is 5.82 Å². The molecule has 0 saturated heterocycles. The Kier molecular flexibility index (Phi) is 2.52. The maximum absolute atomic E-state index is 11.3. The number of carbonyl (C=O) groups is 1. The first-order valence-electron chi connectivity index (χ1n) is 5.81. The van der Waals surface area contributed by atoms with Crippen LogP contribution in [0.25, 0.3) is 16.6 Å². The lowest BCUT2D eigenvalue weighted by molar-refractivity contribution is 0.0687. The van der Waals surface area contributed by atoms with Gasteiger partial charge in [0, 0.05) is 11.6 Å². The van der Waals surface area contributed by atoms with Crippen molar-refractivity contribution in [1.82, 2.24) is 14.8 Å². The molecule has 0 bridgehead atoms. The smallest absolute Gasteiger partial charge is 0.354 e. The number of carboxylic acid groups (broad SMARTS) is 1. The van der Waals surface area contributed by atoms with Crippen LogP contribution in [0.15, 0.2) is 42.6 Å². The van der Waals surface area contributed by atoms with Gasteiger partial charge in [0.05, 0.1) is 5.69 Å². The molecule has 0 atom stereocenters. The molecule has 5 heteroatoms. The Balaban J connectivity index is 2.33. The highest BCUT2D eigenvalue weighted by Crippen LogP contribution is 2.21. The highest BCUT2D eigenvalue weighted by atomic mass is 16.4. The van der Waals surface area contributed by atoms with E-state index < -0.39 is 5.97 Å². The fraction of sp³-hybridized carbons (Fsp3) is 0.0714. The average molecular weight is 253 g/mol. The topological polar surface area (TPSA) is 68.0 Å². The predicted molar refractivity (Wildman–Crippen MR) is 70.6 cm³/mol. The van der Waals surface area contributed by atoms with Crippen LogP contribution in [0.3, 0.4) is 0 Å². The minimum Gasteiger partial charge on any atom is -0.477 e. The molecule has 3 aromatic rings. The Labute approximate surface area is 109 Å². The summed E-state index contributed by atoms with van der Waals surface area (Å²) in [7, 11) is 0. The first kappa shape index (κ1) is 11.4. The van der Waals surface area contributed by atoms with Gasteiger partial charge in [-0.15, -0.1) is 0 Å². The first-order valence-corrected chi connectivity index (χ1v) is 5.81. The van der Waals surface area contributed by atoms with E-state index in [1.165, 1.54) is 10.7 Å². The standard InChI is InChI=1S/C14H11N3O2/c1-9-8-12(14(18)19)17(16-9)13-11-5-3-2-4-10(11)6-7-15-13/h2-8H,1H3,(H,18,19). The summed E-state index contributed by atoms with van der Waals surface area (Å²) in [5.74, 6) is -0.487. The van der Waals surface area contributed by atoms with E-state index in [2.05, 4.69) is 10.1 Å². The molecule has 0 amide bonds. The van der Waals surface area contributed by atoms with Gasteiger partial charge in [-0.2, -0.15) is 5.10 Å². The predicted octanol–water partition coefficient (Wildman–Crippen LogP) is 2.43. The zero-order valence-electron chi connectivity index (χ0n) is 10.2. The van der Waals surface area contributed by atoms with Crippen LogP contribution in [-0.2, 0) is 0 Å². The van der Waals surface area contributed by atoms with E-state index in [1.807, 2.05) is 30.3 Å². The number of aromatic carboxylic acids is 1. The maximum Gasteiger partial charge on any atom is 0.354 e. The fourth-order valence-electron chi connectivity index (χ4n) is 2.09. The summed E-state index contributed by atoms with van der Waals surface area (Å²) in [6.45, 7) is 1.76. The SMILES string of the molecule is Cc1cc(C(=O)O)n(-c2nccc3ccccc23)n1. The van der Waals surface area contributed by atoms with E-state index in [1.54, 1.807) is 13.1 Å². The van der Waals surface area contributed by atoms with Crippen molar-refractivity contribution in [3.05, 3.63) is 54.0 Å². The molecule has 1 aromatic carbocycles. The van der Waals surface area contributed by atoms with Gasteiger partial charge >= 0.3 is 5.97 Å². The Morgan fingerprint density at radius 1 is 1.26 bits per heavy atom. The summed E-state index contributed by atoms with van der Waals surface area (Å²) in [5.41, 5.74) is 0.758. The molecule has 0 radical (unpaired) electrons. The number of rotatable bonds is 2. The maximum atomic E-state index is 11.3. The van der Waals surface area contributed by atoms with Crippen LogP contribution in [0, 0.1) is 6.92 Å². The summed E-state index contributed by atoms with van der Waals surface area (Å²) < 4.78 is 1.38. The van der Waals surface area contributed by atoms with Gasteiger partial charge in [-0.3, -0.25) is 0 Å². The summed E-state index contributed by atoms with van der Waals surface area (Å²) in [6.07, 6.45) is 1.65. The number of aryl methyl sites for hydroxylation is 1. The van der Waals surface area contributed by atoms with Crippen LogP contribution in [0.1, 0.15) is 16.2 Å². The van der Waals surface area contributed by atoms with Crippen LogP contribution in [-0.4, -0.2) is 25.8 Å². The largest absolute Gasteiger partial charge is 0.477 e. The van der Waals surface area contributed by atoms with E-state index in [0.717, 1.165) is 10.8 Å². The van der Waals surface area contributed by atoms with Gasteiger partial charge in [0.25, 0.3) is 0 Å². The van der Waals surface area contributed by atoms with Gasteiger partial charge in [-0.25, -0.2) is 14.5 Å². The minimum atomic E-state index is -1.02. The molecule has 0 saturated carbocycles. The highest BCUT2D eigenvalue weighted by molar-refractivity contribution is 5.91. The quantitative estimate of drug-likeness (QED) is 0.761. The molecule has 0 spiro atoms. The lowest BCUT2D eigenvalue weighted by Gasteiger charge is -2.07. The number of nitrogens with zero attached hydrogens (tertiary/aromatic N) is 3. The van der Waals surface area contributed by atoms with Crippen molar-refractivity contribution < 1.29 is 9.90 Å². The first-order chi connectivity index (χ1) is 9.16. The van der Waals surface area contributed by atoms with Gasteiger partial charge in [-0.05, 0) is 24.4 Å². The number of aromatic nitrogens is 3. The van der Waals surface area contributed by atoms with Gasteiger partial charge in [0.2, 0.25) is 0 Å². The Morgan fingerprint density at radius 2 is 2.05 bits per heavy atom. The molecule has 2 heterocycles. The molecule has 0 unspecified atom stereocenters. The molecular formula is C14H11N3O2. The number of benzene rings is 1. The minimum absolute atomic E-state index is 0.112. The molecule has 2 aromatic heterocycles. The van der Waals surface area contributed by atoms with Crippen molar-refractivity contribution in [3.63, 3.8) is 0 Å². The fourth-order valence-corrected chi connectivity index (χ4v) is 2.09. The van der Waals surface area contributed by atoms with E-state index in [9.17, 15) is 9.90 Å². The molecule has 94 valence electrons. The van der Waals surface area contributed by atoms with E-state index in [-0.39, 0.29) is 5.69 Å². The molecule has 19 heavy (non-hydrogen) atoms. The Morgan fingerprint density at radius 3 is 2.84 bits per heavy atom. The third-order valence-corrected chi connectivity index (χ3v) is 2.90. The second kappa shape index (κ2) is 4.20. The second-order valence-electron chi connectivity index (χ2n) is 4.24. The number of hydrogen-bond donors (Lipinski definition) is 1. The number of pyridine rings is 1. The zero-order valence-corrected chi connectivity index (χ0v) is 10.2. The Hall–Kier alpha value is -2.69. The van der Waals surface area contributed by atoms with Gasteiger partial charge < -0.3 is 5.11 Å². The van der Waals surface area contributed by atoms with E-state index in [0.29, 0.717) is 11.5 Å². The average Bonchev–Trinajstić information content (AvgIpc) is 2.80. The van der Waals surface area contributed by atoms with E-state index in [4.69, 9.17) is 0 Å². The molecule has 5 nitrogen and oxygen atoms in total. The monoisotopic (exact) mass is 253 g/mol. The summed E-state index contributed by atoms with van der Waals surface area (Å²) in [4.78, 5) is 15.5. The molecule has 1 N–H and O–H groups in total. The van der Waals surface area contributed by atoms with Crippen LogP contribution in [0.4, 0.5) is 0 Å². The molecular weight excluding hydrogens is 242 g/mol. The van der Waals surface area contributed by atoms with Crippen LogP contribution in [0.2, 0.25) is 0 Å². The second-order valence-corrected chi connectivity index (χ2v) is 4.24. The highest BCUT2D eigenvalue weighted by Gasteiger charge is 2.16. The third-order valence-electron chi connectivity index (χ3n) is 2.90. The number of fused-ring (bicyclic) bond motifs is 1. The lowest BCUT2D eigenvalue weighted by Crippen LogP contribution is -2.09. The van der Waals surface area contributed by atoms with Crippen LogP contribution in [0.5, 0.6) is 0 Å².